The van der Waals surface area contributed by atoms with Gasteiger partial charge in [-0.15, -0.1) is 0 Å². The second-order valence-electron chi connectivity index (χ2n) is 8.05. The zero-order valence-corrected chi connectivity index (χ0v) is 18.0. The van der Waals surface area contributed by atoms with Crippen LogP contribution in [0, 0.1) is 0 Å². The van der Waals surface area contributed by atoms with Crippen molar-refractivity contribution in [1.29, 1.82) is 0 Å². The monoisotopic (exact) mass is 416 g/mol. The lowest BCUT2D eigenvalue weighted by Crippen LogP contribution is -2.42. The maximum absolute atomic E-state index is 12.4. The number of aliphatic imine (C=N–C) groups is 1. The Bertz CT molecular complexity index is 814. The molecule has 2 heterocycles. The van der Waals surface area contributed by atoms with Gasteiger partial charge < -0.3 is 15.5 Å². The molecule has 1 unspecified atom stereocenters. The van der Waals surface area contributed by atoms with Crippen molar-refractivity contribution in [3.8, 4) is 0 Å². The Balaban J connectivity index is 1.51. The van der Waals surface area contributed by atoms with Crippen molar-refractivity contribution >= 4 is 40.3 Å². The summed E-state index contributed by atoms with van der Waals surface area (Å²) in [5.41, 5.74) is 0.859. The highest BCUT2D eigenvalue weighted by molar-refractivity contribution is 8.15. The molecule has 3 rings (SSSR count). The van der Waals surface area contributed by atoms with E-state index in [1.165, 1.54) is 11.8 Å². The van der Waals surface area contributed by atoms with Gasteiger partial charge in [-0.25, -0.2) is 0 Å². The second-order valence-corrected chi connectivity index (χ2v) is 9.22. The van der Waals surface area contributed by atoms with E-state index in [-0.39, 0.29) is 29.7 Å². The molecule has 2 aliphatic rings. The number of amides is 3. The third-order valence-corrected chi connectivity index (χ3v) is 6.46. The number of hydrogen-bond donors (Lipinski definition) is 2. The van der Waals surface area contributed by atoms with Crippen LogP contribution in [0.4, 0.5) is 5.69 Å². The molecular weight excluding hydrogens is 388 g/mol. The van der Waals surface area contributed by atoms with Crippen LogP contribution in [0.25, 0.3) is 0 Å². The van der Waals surface area contributed by atoms with Crippen LogP contribution in [0.1, 0.15) is 56.8 Å². The molecule has 156 valence electrons. The van der Waals surface area contributed by atoms with Gasteiger partial charge in [0.25, 0.3) is 11.8 Å². The SMILES string of the molecule is CCC(C)(C)NC(=O)c1ccc(NC(=O)CC2SC(N3CCCC3)=NC2=O)cc1. The lowest BCUT2D eigenvalue weighted by molar-refractivity contribution is -0.121. The Morgan fingerprint density at radius 2 is 1.86 bits per heavy atom. The molecule has 1 aromatic carbocycles. The number of nitrogens with one attached hydrogen (secondary N) is 2. The van der Waals surface area contributed by atoms with Gasteiger partial charge in [-0.2, -0.15) is 4.99 Å². The fourth-order valence-corrected chi connectivity index (χ4v) is 4.22. The third kappa shape index (κ3) is 5.59. The van der Waals surface area contributed by atoms with Crippen molar-refractivity contribution in [2.24, 2.45) is 4.99 Å². The molecule has 7 nitrogen and oxygen atoms in total. The molecule has 0 radical (unpaired) electrons. The number of nitrogens with zero attached hydrogens (tertiary/aromatic N) is 2. The van der Waals surface area contributed by atoms with Crippen LogP contribution in [0.15, 0.2) is 29.3 Å². The van der Waals surface area contributed by atoms with Crippen molar-refractivity contribution in [2.75, 3.05) is 18.4 Å². The van der Waals surface area contributed by atoms with E-state index in [9.17, 15) is 14.4 Å². The smallest absolute Gasteiger partial charge is 0.262 e. The van der Waals surface area contributed by atoms with Crippen molar-refractivity contribution in [3.05, 3.63) is 29.8 Å². The highest BCUT2D eigenvalue weighted by Gasteiger charge is 2.33. The van der Waals surface area contributed by atoms with Gasteiger partial charge in [-0.1, -0.05) is 18.7 Å². The van der Waals surface area contributed by atoms with E-state index >= 15 is 0 Å². The standard InChI is InChI=1S/C21H28N4O3S/c1-4-21(2,3)24-18(27)14-7-9-15(10-8-14)22-17(26)13-16-19(28)23-20(29-16)25-11-5-6-12-25/h7-10,16H,4-6,11-13H2,1-3H3,(H,22,26)(H,24,27). The molecule has 0 saturated carbocycles. The Morgan fingerprint density at radius 1 is 1.21 bits per heavy atom. The second kappa shape index (κ2) is 8.98. The fourth-order valence-electron chi connectivity index (χ4n) is 3.11. The van der Waals surface area contributed by atoms with E-state index in [2.05, 4.69) is 20.5 Å². The average molecular weight is 417 g/mol. The van der Waals surface area contributed by atoms with Crippen molar-refractivity contribution in [3.63, 3.8) is 0 Å². The number of likely N-dealkylation sites (tertiary alicyclic amines) is 1. The zero-order chi connectivity index (χ0) is 21.0. The Hall–Kier alpha value is -2.35. The molecule has 1 aromatic rings. The van der Waals surface area contributed by atoms with Crippen molar-refractivity contribution in [1.82, 2.24) is 10.2 Å². The number of carbonyl (C=O) groups excluding carboxylic acids is 3. The van der Waals surface area contributed by atoms with E-state index in [0.29, 0.717) is 11.3 Å². The van der Waals surface area contributed by atoms with E-state index in [4.69, 9.17) is 0 Å². The first kappa shape index (κ1) is 21.4. The molecular formula is C21H28N4O3S. The Labute approximate surface area is 175 Å². The third-order valence-electron chi connectivity index (χ3n) is 5.24. The van der Waals surface area contributed by atoms with Gasteiger partial charge in [-0.3, -0.25) is 14.4 Å². The lowest BCUT2D eigenvalue weighted by Gasteiger charge is -2.24. The minimum atomic E-state index is -0.466. The molecule has 8 heteroatoms. The molecule has 3 amide bonds. The summed E-state index contributed by atoms with van der Waals surface area (Å²) in [6.45, 7) is 7.81. The highest BCUT2D eigenvalue weighted by atomic mass is 32.2. The predicted octanol–water partition coefficient (Wildman–Crippen LogP) is 3.03. The van der Waals surface area contributed by atoms with Crippen LogP contribution in [-0.2, 0) is 9.59 Å². The maximum Gasteiger partial charge on any atom is 0.262 e. The van der Waals surface area contributed by atoms with Crippen LogP contribution in [0.5, 0.6) is 0 Å². The first-order valence-corrected chi connectivity index (χ1v) is 10.9. The zero-order valence-electron chi connectivity index (χ0n) is 17.2. The Kier molecular flexibility index (Phi) is 6.62. The molecule has 0 spiro atoms. The minimum Gasteiger partial charge on any atom is -0.351 e. The summed E-state index contributed by atoms with van der Waals surface area (Å²) in [4.78, 5) is 43.0. The summed E-state index contributed by atoms with van der Waals surface area (Å²) in [5.74, 6) is -0.620. The molecule has 1 fully saturated rings. The fraction of sp³-hybridized carbons (Fsp3) is 0.524. The van der Waals surface area contributed by atoms with Gasteiger partial charge in [0.05, 0.1) is 0 Å². The number of benzene rings is 1. The number of rotatable bonds is 6. The normalized spacial score (nSPS) is 19.3. The van der Waals surface area contributed by atoms with Gasteiger partial charge in [0.2, 0.25) is 5.91 Å². The van der Waals surface area contributed by atoms with E-state index in [1.807, 2.05) is 20.8 Å². The summed E-state index contributed by atoms with van der Waals surface area (Å²) >= 11 is 1.38. The number of carbonyl (C=O) groups is 3. The number of amidine groups is 1. The molecule has 1 saturated heterocycles. The van der Waals surface area contributed by atoms with Crippen LogP contribution >= 0.6 is 11.8 Å². The number of hydrogen-bond acceptors (Lipinski definition) is 5. The summed E-state index contributed by atoms with van der Waals surface area (Å²) < 4.78 is 0. The number of thioether (sulfide) groups is 1. The molecule has 0 bridgehead atoms. The van der Waals surface area contributed by atoms with Gasteiger partial charge in [0.15, 0.2) is 5.17 Å². The average Bonchev–Trinajstić information content (AvgIpc) is 3.32. The van der Waals surface area contributed by atoms with Crippen LogP contribution in [0.2, 0.25) is 0 Å². The van der Waals surface area contributed by atoms with Gasteiger partial charge >= 0.3 is 0 Å². The summed E-state index contributed by atoms with van der Waals surface area (Å²) in [6.07, 6.45) is 3.14. The number of anilines is 1. The first-order chi connectivity index (χ1) is 13.8. The van der Waals surface area contributed by atoms with E-state index in [1.54, 1.807) is 24.3 Å². The van der Waals surface area contributed by atoms with Gasteiger partial charge in [-0.05, 0) is 57.4 Å². The Morgan fingerprint density at radius 3 is 2.48 bits per heavy atom. The molecule has 1 atom stereocenters. The highest BCUT2D eigenvalue weighted by Crippen LogP contribution is 2.29. The maximum atomic E-state index is 12.4. The van der Waals surface area contributed by atoms with E-state index < -0.39 is 5.25 Å². The quantitative estimate of drug-likeness (QED) is 0.744. The van der Waals surface area contributed by atoms with Crippen molar-refractivity contribution in [2.45, 2.75) is 57.2 Å². The van der Waals surface area contributed by atoms with Crippen LogP contribution in [0.3, 0.4) is 0 Å². The molecule has 29 heavy (non-hydrogen) atoms. The lowest BCUT2D eigenvalue weighted by atomic mass is 10.0. The summed E-state index contributed by atoms with van der Waals surface area (Å²) in [7, 11) is 0. The predicted molar refractivity (Wildman–Crippen MR) is 116 cm³/mol. The first-order valence-electron chi connectivity index (χ1n) is 10.0. The molecule has 2 N–H and O–H groups in total. The van der Waals surface area contributed by atoms with E-state index in [0.717, 1.165) is 37.5 Å². The largest absolute Gasteiger partial charge is 0.351 e. The molecule has 0 aliphatic carbocycles. The van der Waals surface area contributed by atoms with Crippen LogP contribution in [-0.4, -0.2) is 51.7 Å². The van der Waals surface area contributed by atoms with Crippen LogP contribution < -0.4 is 10.6 Å². The summed E-state index contributed by atoms with van der Waals surface area (Å²) in [6, 6.07) is 6.75. The minimum absolute atomic E-state index is 0.0806. The van der Waals surface area contributed by atoms with Gasteiger partial charge in [0, 0.05) is 36.3 Å². The van der Waals surface area contributed by atoms with Gasteiger partial charge in [0.1, 0.15) is 5.25 Å². The van der Waals surface area contributed by atoms with Crippen molar-refractivity contribution < 1.29 is 14.4 Å². The summed E-state index contributed by atoms with van der Waals surface area (Å²) in [5, 5.41) is 6.06. The molecule has 2 aliphatic heterocycles. The molecule has 0 aromatic heterocycles. The topological polar surface area (TPSA) is 90.9 Å².